The molecule has 3 aromatic rings. The summed E-state index contributed by atoms with van der Waals surface area (Å²) in [5, 5.41) is 4.19. The molecule has 3 amide bonds. The Kier molecular flexibility index (Phi) is 8.96. The molecule has 2 fully saturated rings. The number of hydrogen-bond donors (Lipinski definition) is 1. The van der Waals surface area contributed by atoms with E-state index in [0.29, 0.717) is 61.6 Å². The lowest BCUT2D eigenvalue weighted by molar-refractivity contribution is -0.125. The number of amides is 3. The number of carbonyl (C=O) groups is 2. The Morgan fingerprint density at radius 1 is 1.20 bits per heavy atom. The molecule has 0 bridgehead atoms. The van der Waals surface area contributed by atoms with E-state index < -0.39 is 0 Å². The number of anilines is 1. The van der Waals surface area contributed by atoms with E-state index in [0.717, 1.165) is 42.3 Å². The molecule has 10 nitrogen and oxygen atoms in total. The molecule has 0 spiro atoms. The molecule has 2 saturated heterocycles. The monoisotopic (exact) mass is 569 g/mol. The van der Waals surface area contributed by atoms with Gasteiger partial charge >= 0.3 is 6.03 Å². The third-order valence-electron chi connectivity index (χ3n) is 7.25. The summed E-state index contributed by atoms with van der Waals surface area (Å²) >= 11 is 6.64. The first-order chi connectivity index (χ1) is 19.5. The van der Waals surface area contributed by atoms with Crippen molar-refractivity contribution in [2.75, 3.05) is 44.9 Å². The number of aromatic nitrogens is 2. The minimum Gasteiger partial charge on any atom is -0.493 e. The Hall–Kier alpha value is -3.50. The van der Waals surface area contributed by atoms with Crippen LogP contribution in [0.5, 0.6) is 11.5 Å². The highest BCUT2D eigenvalue weighted by Gasteiger charge is 2.29. The van der Waals surface area contributed by atoms with Gasteiger partial charge in [-0.3, -0.25) is 9.69 Å². The Labute approximate surface area is 239 Å². The molecular formula is C29H36ClN5O5. The number of fused-ring (bicyclic) bond motifs is 1. The van der Waals surface area contributed by atoms with E-state index in [2.05, 4.69) is 17.2 Å². The second-order valence-corrected chi connectivity index (χ2v) is 10.6. The van der Waals surface area contributed by atoms with Crippen molar-refractivity contribution in [3.8, 4) is 11.5 Å². The number of pyridine rings is 1. The molecule has 5 rings (SSSR count). The number of rotatable bonds is 12. The van der Waals surface area contributed by atoms with Crippen LogP contribution in [0.15, 0.2) is 36.7 Å². The van der Waals surface area contributed by atoms with Crippen molar-refractivity contribution >= 4 is 40.3 Å². The fraction of sp³-hybridized carbons (Fsp3) is 0.483. The first-order valence-electron chi connectivity index (χ1n) is 13.8. The highest BCUT2D eigenvalue weighted by atomic mass is 35.5. The minimum atomic E-state index is -0.121. The largest absolute Gasteiger partial charge is 0.493 e. The zero-order valence-electron chi connectivity index (χ0n) is 23.0. The number of carbonyl (C=O) groups excluding carboxylic acids is 2. The quantitative estimate of drug-likeness (QED) is 0.320. The van der Waals surface area contributed by atoms with Crippen LogP contribution in [-0.4, -0.2) is 72.5 Å². The predicted octanol–water partition coefficient (Wildman–Crippen LogP) is 4.61. The number of urea groups is 1. The fourth-order valence-corrected chi connectivity index (χ4v) is 5.41. The number of nitrogens with zero attached hydrogens (tertiary/aromatic N) is 4. The van der Waals surface area contributed by atoms with Crippen LogP contribution < -0.4 is 19.7 Å². The molecule has 4 heterocycles. The van der Waals surface area contributed by atoms with Gasteiger partial charge in [-0.2, -0.15) is 0 Å². The summed E-state index contributed by atoms with van der Waals surface area (Å²) in [7, 11) is 1.62. The van der Waals surface area contributed by atoms with Gasteiger partial charge in [0.1, 0.15) is 12.2 Å². The van der Waals surface area contributed by atoms with E-state index in [1.807, 2.05) is 29.2 Å². The van der Waals surface area contributed by atoms with E-state index in [-0.39, 0.29) is 24.5 Å². The third-order valence-corrected chi connectivity index (χ3v) is 7.54. The van der Waals surface area contributed by atoms with E-state index in [1.165, 1.54) is 0 Å². The van der Waals surface area contributed by atoms with Crippen LogP contribution >= 0.6 is 11.6 Å². The molecule has 0 unspecified atom stereocenters. The van der Waals surface area contributed by atoms with E-state index in [1.54, 1.807) is 29.0 Å². The summed E-state index contributed by atoms with van der Waals surface area (Å²) in [5.41, 5.74) is 2.27. The van der Waals surface area contributed by atoms with Crippen molar-refractivity contribution in [3.63, 3.8) is 0 Å². The maximum absolute atomic E-state index is 13.7. The maximum Gasteiger partial charge on any atom is 0.324 e. The molecule has 2 aliphatic rings. The van der Waals surface area contributed by atoms with Crippen molar-refractivity contribution in [3.05, 3.63) is 47.2 Å². The summed E-state index contributed by atoms with van der Waals surface area (Å²) in [6, 6.07) is 7.47. The van der Waals surface area contributed by atoms with Gasteiger partial charge in [-0.15, -0.1) is 0 Å². The Balaban J connectivity index is 1.32. The molecule has 1 aromatic carbocycles. The zero-order chi connectivity index (χ0) is 28.1. The van der Waals surface area contributed by atoms with Crippen LogP contribution in [0, 0.1) is 0 Å². The topological polar surface area (TPSA) is 98.2 Å². The van der Waals surface area contributed by atoms with Gasteiger partial charge in [0.15, 0.2) is 11.5 Å². The average molecular weight is 570 g/mol. The zero-order valence-corrected chi connectivity index (χ0v) is 23.8. The molecule has 214 valence electrons. The average Bonchev–Trinajstić information content (AvgIpc) is 3.25. The van der Waals surface area contributed by atoms with E-state index >= 15 is 0 Å². The van der Waals surface area contributed by atoms with Gasteiger partial charge in [0.25, 0.3) is 0 Å². The molecule has 2 aromatic heterocycles. The standard InChI is InChI=1S/C29H36ClN5O5/c1-3-4-5-13-40-25-14-22(7-8-24(25)38-2)35-12-6-11-33(29(35)37)15-20-9-10-31-28-27(20)23(30)16-34(28)17-26(36)32-21-18-39-19-21/h7-10,14,16,21H,3-6,11-13,15,17-19H2,1-2H3,(H,32,36). The first-order valence-corrected chi connectivity index (χ1v) is 14.2. The number of ether oxygens (including phenoxy) is 3. The second kappa shape index (κ2) is 12.8. The molecule has 0 radical (unpaired) electrons. The van der Waals surface area contributed by atoms with Crippen molar-refractivity contribution < 1.29 is 23.8 Å². The molecule has 11 heteroatoms. The SMILES string of the molecule is CCCCCOc1cc(N2CCCN(Cc3ccnc4c3c(Cl)cn4CC(=O)NC3COC3)C2=O)ccc1OC. The summed E-state index contributed by atoms with van der Waals surface area (Å²) in [5.74, 6) is 1.16. The summed E-state index contributed by atoms with van der Waals surface area (Å²) in [6.07, 6.45) is 7.41. The van der Waals surface area contributed by atoms with Crippen LogP contribution in [0.4, 0.5) is 10.5 Å². The van der Waals surface area contributed by atoms with Gasteiger partial charge in [-0.05, 0) is 36.6 Å². The van der Waals surface area contributed by atoms with Crippen LogP contribution in [0.1, 0.15) is 38.2 Å². The Bertz CT molecular complexity index is 1360. The fourth-order valence-electron chi connectivity index (χ4n) is 5.08. The number of benzene rings is 1. The number of nitrogens with one attached hydrogen (secondary N) is 1. The maximum atomic E-state index is 13.7. The van der Waals surface area contributed by atoms with Crippen molar-refractivity contribution in [2.45, 2.75) is 51.7 Å². The van der Waals surface area contributed by atoms with Gasteiger partial charge in [0.05, 0.1) is 38.0 Å². The van der Waals surface area contributed by atoms with Crippen molar-refractivity contribution in [1.82, 2.24) is 19.8 Å². The van der Waals surface area contributed by atoms with Gasteiger partial charge < -0.3 is 29.0 Å². The van der Waals surface area contributed by atoms with Gasteiger partial charge in [0.2, 0.25) is 5.91 Å². The lowest BCUT2D eigenvalue weighted by atomic mass is 10.1. The number of hydrogen-bond acceptors (Lipinski definition) is 6. The molecule has 0 saturated carbocycles. The van der Waals surface area contributed by atoms with Gasteiger partial charge in [-0.1, -0.05) is 31.4 Å². The number of halogens is 1. The van der Waals surface area contributed by atoms with Gasteiger partial charge in [-0.25, -0.2) is 9.78 Å². The van der Waals surface area contributed by atoms with Crippen LogP contribution in [0.3, 0.4) is 0 Å². The van der Waals surface area contributed by atoms with Crippen LogP contribution in [-0.2, 0) is 22.6 Å². The molecule has 0 atom stereocenters. The molecule has 40 heavy (non-hydrogen) atoms. The van der Waals surface area contributed by atoms with Crippen LogP contribution in [0.25, 0.3) is 11.0 Å². The number of unbranched alkanes of at least 4 members (excludes halogenated alkanes) is 2. The van der Waals surface area contributed by atoms with E-state index in [4.69, 9.17) is 25.8 Å². The minimum absolute atomic E-state index is 0.0516. The molecular weight excluding hydrogens is 534 g/mol. The molecule has 0 aliphatic carbocycles. The third kappa shape index (κ3) is 6.13. The first kappa shape index (κ1) is 28.0. The number of methoxy groups -OCH3 is 1. The van der Waals surface area contributed by atoms with E-state index in [9.17, 15) is 9.59 Å². The van der Waals surface area contributed by atoms with Crippen molar-refractivity contribution in [2.24, 2.45) is 0 Å². The Morgan fingerprint density at radius 3 is 2.80 bits per heavy atom. The highest BCUT2D eigenvalue weighted by molar-refractivity contribution is 6.35. The smallest absolute Gasteiger partial charge is 0.324 e. The van der Waals surface area contributed by atoms with Gasteiger partial charge in [0, 0.05) is 49.2 Å². The summed E-state index contributed by atoms with van der Waals surface area (Å²) < 4.78 is 18.4. The summed E-state index contributed by atoms with van der Waals surface area (Å²) in [6.45, 7) is 5.54. The lowest BCUT2D eigenvalue weighted by Crippen LogP contribution is -2.49. The molecule has 1 N–H and O–H groups in total. The lowest BCUT2D eigenvalue weighted by Gasteiger charge is -2.36. The van der Waals surface area contributed by atoms with Crippen molar-refractivity contribution in [1.29, 1.82) is 0 Å². The predicted molar refractivity (Wildman–Crippen MR) is 153 cm³/mol. The second-order valence-electron chi connectivity index (χ2n) is 10.2. The van der Waals surface area contributed by atoms with Crippen LogP contribution in [0.2, 0.25) is 5.02 Å². The normalized spacial score (nSPS) is 15.8. The summed E-state index contributed by atoms with van der Waals surface area (Å²) in [4.78, 5) is 34.3. The molecule has 2 aliphatic heterocycles. The Morgan fingerprint density at radius 2 is 2.05 bits per heavy atom. The highest BCUT2D eigenvalue weighted by Crippen LogP contribution is 2.34.